The van der Waals surface area contributed by atoms with Gasteiger partial charge < -0.3 is 9.74 Å². The Morgan fingerprint density at radius 1 is 0.960 bits per heavy atom. The Balaban J connectivity index is 1.95. The SMILES string of the molecule is CC(Nc1ccc(N=Nc2ccncc2)cc1)O[Si](C)(C)C(C)(C)C. The van der Waals surface area contributed by atoms with Crippen LogP contribution in [0.15, 0.2) is 59.0 Å². The van der Waals surface area contributed by atoms with Gasteiger partial charge >= 0.3 is 0 Å². The molecule has 1 aromatic carbocycles. The van der Waals surface area contributed by atoms with Gasteiger partial charge in [-0.15, -0.1) is 0 Å². The van der Waals surface area contributed by atoms with E-state index in [0.29, 0.717) is 0 Å². The van der Waals surface area contributed by atoms with Crippen molar-refractivity contribution in [1.82, 2.24) is 4.98 Å². The zero-order chi connectivity index (χ0) is 18.5. The van der Waals surface area contributed by atoms with Gasteiger partial charge in [0, 0.05) is 18.1 Å². The van der Waals surface area contributed by atoms with Crippen LogP contribution in [0.4, 0.5) is 17.1 Å². The Bertz CT molecular complexity index is 694. The number of hydrogen-bond acceptors (Lipinski definition) is 5. The third-order valence-corrected chi connectivity index (χ3v) is 9.01. The van der Waals surface area contributed by atoms with Crippen molar-refractivity contribution in [3.05, 3.63) is 48.8 Å². The van der Waals surface area contributed by atoms with Crippen molar-refractivity contribution in [2.45, 2.75) is 52.1 Å². The van der Waals surface area contributed by atoms with Crippen molar-refractivity contribution in [1.29, 1.82) is 0 Å². The molecule has 0 amide bonds. The van der Waals surface area contributed by atoms with Crippen molar-refractivity contribution in [2.75, 3.05) is 5.32 Å². The first-order valence-electron chi connectivity index (χ1n) is 8.53. The highest BCUT2D eigenvalue weighted by molar-refractivity contribution is 6.74. The number of rotatable bonds is 6. The molecule has 1 unspecified atom stereocenters. The lowest BCUT2D eigenvalue weighted by Gasteiger charge is -2.38. The minimum Gasteiger partial charge on any atom is -0.398 e. The summed E-state index contributed by atoms with van der Waals surface area (Å²) < 4.78 is 6.32. The highest BCUT2D eigenvalue weighted by Gasteiger charge is 2.38. The van der Waals surface area contributed by atoms with E-state index in [-0.39, 0.29) is 11.3 Å². The van der Waals surface area contributed by atoms with Crippen LogP contribution in [0.1, 0.15) is 27.7 Å². The van der Waals surface area contributed by atoms with Crippen LogP contribution in [-0.2, 0) is 4.43 Å². The molecule has 0 aliphatic rings. The average molecular weight is 357 g/mol. The van der Waals surface area contributed by atoms with Crippen LogP contribution in [0.2, 0.25) is 18.1 Å². The van der Waals surface area contributed by atoms with Crippen molar-refractivity contribution in [3.63, 3.8) is 0 Å². The third-order valence-electron chi connectivity index (χ3n) is 4.46. The standard InChI is InChI=1S/C19H28N4OSi/c1-15(24-25(5,6)19(2,3)4)21-16-7-9-17(10-8-16)22-23-18-11-13-20-14-12-18/h7-15,21H,1-6H3. The maximum Gasteiger partial charge on any atom is 0.194 e. The molecule has 0 aliphatic heterocycles. The van der Waals surface area contributed by atoms with Gasteiger partial charge in [-0.05, 0) is 61.5 Å². The molecule has 0 fully saturated rings. The van der Waals surface area contributed by atoms with Gasteiger partial charge in [-0.3, -0.25) is 4.98 Å². The van der Waals surface area contributed by atoms with Crippen molar-refractivity contribution >= 4 is 25.4 Å². The largest absolute Gasteiger partial charge is 0.398 e. The number of hydrogen-bond donors (Lipinski definition) is 1. The van der Waals surface area contributed by atoms with Crippen LogP contribution >= 0.6 is 0 Å². The number of pyridine rings is 1. The molecule has 6 heteroatoms. The summed E-state index contributed by atoms with van der Waals surface area (Å²) in [5, 5.41) is 12.0. The molecule has 0 saturated heterocycles. The van der Waals surface area contributed by atoms with Gasteiger partial charge in [0.05, 0.1) is 11.4 Å². The second-order valence-corrected chi connectivity index (χ2v) is 12.4. The molecule has 134 valence electrons. The highest BCUT2D eigenvalue weighted by atomic mass is 28.4. The molecular formula is C19H28N4OSi. The van der Waals surface area contributed by atoms with E-state index in [2.05, 4.69) is 61.3 Å². The lowest BCUT2D eigenvalue weighted by molar-refractivity contribution is 0.225. The molecule has 0 spiro atoms. The smallest absolute Gasteiger partial charge is 0.194 e. The lowest BCUT2D eigenvalue weighted by atomic mass is 10.2. The summed E-state index contributed by atoms with van der Waals surface area (Å²) in [4.78, 5) is 3.96. The monoisotopic (exact) mass is 356 g/mol. The maximum atomic E-state index is 6.32. The fourth-order valence-corrected chi connectivity index (χ4v) is 3.33. The zero-order valence-corrected chi connectivity index (χ0v) is 16.9. The van der Waals surface area contributed by atoms with Crippen molar-refractivity contribution in [3.8, 4) is 0 Å². The Labute approximate surface area is 151 Å². The van der Waals surface area contributed by atoms with E-state index in [0.717, 1.165) is 17.1 Å². The van der Waals surface area contributed by atoms with Gasteiger partial charge in [0.15, 0.2) is 8.32 Å². The van der Waals surface area contributed by atoms with Crippen LogP contribution in [-0.4, -0.2) is 19.5 Å². The number of nitrogens with one attached hydrogen (secondary N) is 1. The molecule has 0 aliphatic carbocycles. The molecule has 0 saturated carbocycles. The number of nitrogens with zero attached hydrogens (tertiary/aromatic N) is 3. The Morgan fingerprint density at radius 2 is 1.48 bits per heavy atom. The van der Waals surface area contributed by atoms with E-state index < -0.39 is 8.32 Å². The predicted molar refractivity (Wildman–Crippen MR) is 106 cm³/mol. The number of azo groups is 1. The van der Waals surface area contributed by atoms with Crippen molar-refractivity contribution < 1.29 is 4.43 Å². The molecule has 0 bridgehead atoms. The number of benzene rings is 1. The molecule has 1 heterocycles. The lowest BCUT2D eigenvalue weighted by Crippen LogP contribution is -2.45. The zero-order valence-electron chi connectivity index (χ0n) is 15.9. The van der Waals surface area contributed by atoms with Crippen LogP contribution < -0.4 is 5.32 Å². The van der Waals surface area contributed by atoms with Gasteiger partial charge in [0.25, 0.3) is 0 Å². The van der Waals surface area contributed by atoms with E-state index >= 15 is 0 Å². The van der Waals surface area contributed by atoms with Crippen LogP contribution in [0.5, 0.6) is 0 Å². The highest BCUT2D eigenvalue weighted by Crippen LogP contribution is 2.37. The van der Waals surface area contributed by atoms with Crippen LogP contribution in [0.3, 0.4) is 0 Å². The van der Waals surface area contributed by atoms with Crippen molar-refractivity contribution in [2.24, 2.45) is 10.2 Å². The Kier molecular flexibility index (Phi) is 6.08. The molecule has 1 atom stereocenters. The van der Waals surface area contributed by atoms with E-state index in [4.69, 9.17) is 4.43 Å². The van der Waals surface area contributed by atoms with Gasteiger partial charge in [-0.2, -0.15) is 10.2 Å². The third kappa shape index (κ3) is 5.76. The van der Waals surface area contributed by atoms with E-state index in [1.165, 1.54) is 0 Å². The topological polar surface area (TPSA) is 58.9 Å². The number of anilines is 1. The fourth-order valence-electron chi connectivity index (χ4n) is 2.03. The maximum absolute atomic E-state index is 6.32. The molecule has 25 heavy (non-hydrogen) atoms. The first-order valence-corrected chi connectivity index (χ1v) is 11.4. The minimum atomic E-state index is -1.78. The van der Waals surface area contributed by atoms with E-state index in [1.807, 2.05) is 36.4 Å². The molecule has 2 aromatic rings. The van der Waals surface area contributed by atoms with Crippen LogP contribution in [0.25, 0.3) is 0 Å². The summed E-state index contributed by atoms with van der Waals surface area (Å²) in [5.74, 6) is 0. The van der Waals surface area contributed by atoms with Gasteiger partial charge in [-0.25, -0.2) is 0 Å². The summed E-state index contributed by atoms with van der Waals surface area (Å²) in [5.41, 5.74) is 2.60. The second kappa shape index (κ2) is 7.88. The van der Waals surface area contributed by atoms with Gasteiger partial charge in [0.2, 0.25) is 0 Å². The van der Waals surface area contributed by atoms with E-state index in [1.54, 1.807) is 12.4 Å². The van der Waals surface area contributed by atoms with E-state index in [9.17, 15) is 0 Å². The minimum absolute atomic E-state index is 0.0369. The molecule has 1 N–H and O–H groups in total. The summed E-state index contributed by atoms with van der Waals surface area (Å²) in [6.07, 6.45) is 3.36. The Morgan fingerprint density at radius 3 is 2.00 bits per heavy atom. The Hall–Kier alpha value is -2.05. The first kappa shape index (κ1) is 19.3. The summed E-state index contributed by atoms with van der Waals surface area (Å²) in [6.45, 7) is 13.3. The first-order chi connectivity index (χ1) is 11.7. The predicted octanol–water partition coefficient (Wildman–Crippen LogP) is 6.28. The van der Waals surface area contributed by atoms with Crippen LogP contribution in [0, 0.1) is 0 Å². The fraction of sp³-hybridized carbons (Fsp3) is 0.421. The molecule has 0 radical (unpaired) electrons. The summed E-state index contributed by atoms with van der Waals surface area (Å²) in [7, 11) is -1.78. The number of aromatic nitrogens is 1. The summed E-state index contributed by atoms with van der Waals surface area (Å²) in [6, 6.07) is 11.5. The molecule has 2 rings (SSSR count). The molecular weight excluding hydrogens is 328 g/mol. The molecule has 5 nitrogen and oxygen atoms in total. The average Bonchev–Trinajstić information content (AvgIpc) is 2.53. The quantitative estimate of drug-likeness (QED) is 0.376. The normalized spacial score (nSPS) is 13.8. The van der Waals surface area contributed by atoms with Gasteiger partial charge in [-0.1, -0.05) is 20.8 Å². The molecule has 1 aromatic heterocycles. The second-order valence-electron chi connectivity index (χ2n) is 7.62. The van der Waals surface area contributed by atoms with Gasteiger partial charge in [0.1, 0.15) is 6.23 Å². The summed E-state index contributed by atoms with van der Waals surface area (Å²) >= 11 is 0.